The van der Waals surface area contributed by atoms with Gasteiger partial charge in [-0.25, -0.2) is 10.0 Å². The van der Waals surface area contributed by atoms with E-state index in [2.05, 4.69) is 21.2 Å². The Bertz CT molecular complexity index is 1310. The molecule has 150 valence electrons. The van der Waals surface area contributed by atoms with Gasteiger partial charge in [-0.1, -0.05) is 59.8 Å². The van der Waals surface area contributed by atoms with Crippen LogP contribution in [0, 0.1) is 0 Å². The molecular formula is C21H14BrClN4O2S. The number of hydrogen-bond donors (Lipinski definition) is 1. The highest BCUT2D eigenvalue weighted by molar-refractivity contribution is 9.10. The lowest BCUT2D eigenvalue weighted by atomic mass is 10.1. The van der Waals surface area contributed by atoms with E-state index in [9.17, 15) is 4.79 Å². The standard InChI is InChI=1S/C21H14BrClN4O2S/c22-17-10-9-16(29-17)19-24-15-8-4-2-6-13(15)18-20(28)25-21(26-27(18)19)30-11-12-5-1-3-7-14(12)23/h1-10,19H,11H2,(H,25,26,28)/t19-/m1/s1. The van der Waals surface area contributed by atoms with Crippen LogP contribution in [0.4, 0.5) is 0 Å². The fourth-order valence-electron chi connectivity index (χ4n) is 3.31. The normalized spacial score (nSPS) is 17.6. The van der Waals surface area contributed by atoms with Crippen LogP contribution >= 0.6 is 39.3 Å². The maximum absolute atomic E-state index is 13.1. The minimum atomic E-state index is -0.580. The van der Waals surface area contributed by atoms with Gasteiger partial charge in [0.25, 0.3) is 5.91 Å². The quantitative estimate of drug-likeness (QED) is 0.593. The van der Waals surface area contributed by atoms with Crippen LogP contribution < -0.4 is 15.9 Å². The molecule has 3 aromatic rings. The number of amides is 1. The second kappa shape index (κ2) is 7.94. The molecule has 0 saturated heterocycles. The molecule has 2 aromatic carbocycles. The summed E-state index contributed by atoms with van der Waals surface area (Å²) < 4.78 is 6.33. The molecule has 0 unspecified atom stereocenters. The van der Waals surface area contributed by atoms with Crippen LogP contribution in [0.1, 0.15) is 17.5 Å². The number of hydrogen-bond acceptors (Lipinski definition) is 6. The molecule has 0 spiro atoms. The monoisotopic (exact) mass is 500 g/mol. The molecule has 0 bridgehead atoms. The molecule has 5 rings (SSSR count). The minimum Gasteiger partial charge on any atom is -0.450 e. The summed E-state index contributed by atoms with van der Waals surface area (Å²) in [6.45, 7) is 0. The van der Waals surface area contributed by atoms with Gasteiger partial charge < -0.3 is 4.42 Å². The van der Waals surface area contributed by atoms with Crippen LogP contribution in [0.25, 0.3) is 5.70 Å². The molecule has 6 nitrogen and oxygen atoms in total. The van der Waals surface area contributed by atoms with E-state index in [1.165, 1.54) is 11.8 Å². The summed E-state index contributed by atoms with van der Waals surface area (Å²) in [4.78, 5) is 17.9. The van der Waals surface area contributed by atoms with E-state index in [4.69, 9.17) is 26.1 Å². The minimum absolute atomic E-state index is 0.232. The first-order chi connectivity index (χ1) is 14.6. The predicted molar refractivity (Wildman–Crippen MR) is 120 cm³/mol. The highest BCUT2D eigenvalue weighted by Crippen LogP contribution is 2.33. The van der Waals surface area contributed by atoms with Crippen LogP contribution in [0.5, 0.6) is 0 Å². The average Bonchev–Trinajstić information content (AvgIpc) is 3.18. The van der Waals surface area contributed by atoms with Crippen molar-refractivity contribution in [1.82, 2.24) is 10.3 Å². The third kappa shape index (κ3) is 3.55. The zero-order chi connectivity index (χ0) is 20.7. The summed E-state index contributed by atoms with van der Waals surface area (Å²) >= 11 is 11.0. The maximum atomic E-state index is 13.1. The molecule has 0 fully saturated rings. The zero-order valence-electron chi connectivity index (χ0n) is 15.4. The average molecular weight is 502 g/mol. The first kappa shape index (κ1) is 19.4. The Hall–Kier alpha value is -2.55. The van der Waals surface area contributed by atoms with E-state index in [0.717, 1.165) is 16.1 Å². The van der Waals surface area contributed by atoms with Crippen molar-refractivity contribution in [3.05, 3.63) is 92.3 Å². The molecular weight excluding hydrogens is 488 g/mol. The molecule has 1 atom stereocenters. The fourth-order valence-corrected chi connectivity index (χ4v) is 4.76. The first-order valence-electron chi connectivity index (χ1n) is 9.08. The third-order valence-electron chi connectivity index (χ3n) is 4.69. The van der Waals surface area contributed by atoms with E-state index in [1.807, 2.05) is 54.6 Å². The number of carbonyl (C=O) groups is 1. The first-order valence-corrected chi connectivity index (χ1v) is 11.2. The van der Waals surface area contributed by atoms with Gasteiger partial charge >= 0.3 is 0 Å². The SMILES string of the molecule is O=C1NC(SCc2ccccc2Cl)=NN2C1=c1ccccc1=N[C@H]2c1ccc(Br)o1. The molecule has 2 aliphatic heterocycles. The van der Waals surface area contributed by atoms with Gasteiger partial charge in [0.15, 0.2) is 15.6 Å². The molecule has 0 aliphatic carbocycles. The smallest absolute Gasteiger partial charge is 0.276 e. The zero-order valence-corrected chi connectivity index (χ0v) is 18.5. The van der Waals surface area contributed by atoms with Gasteiger partial charge in [0, 0.05) is 16.0 Å². The summed E-state index contributed by atoms with van der Waals surface area (Å²) in [5.41, 5.74) is 1.41. The van der Waals surface area contributed by atoms with Crippen molar-refractivity contribution in [2.75, 3.05) is 0 Å². The molecule has 1 aromatic heterocycles. The second-order valence-corrected chi connectivity index (χ2v) is 8.75. The van der Waals surface area contributed by atoms with Crippen molar-refractivity contribution in [2.24, 2.45) is 10.1 Å². The van der Waals surface area contributed by atoms with Crippen molar-refractivity contribution in [3.63, 3.8) is 0 Å². The molecule has 0 radical (unpaired) electrons. The fraction of sp³-hybridized carbons (Fsp3) is 0.0952. The van der Waals surface area contributed by atoms with Crippen LogP contribution in [-0.2, 0) is 10.5 Å². The molecule has 30 heavy (non-hydrogen) atoms. The molecule has 0 saturated carbocycles. The van der Waals surface area contributed by atoms with Crippen LogP contribution in [0.15, 0.2) is 79.8 Å². The Labute approximate surface area is 189 Å². The number of amidine groups is 1. The Kier molecular flexibility index (Phi) is 5.14. The van der Waals surface area contributed by atoms with Crippen molar-refractivity contribution < 1.29 is 9.21 Å². The van der Waals surface area contributed by atoms with Crippen LogP contribution in [-0.4, -0.2) is 16.1 Å². The second-order valence-electron chi connectivity index (χ2n) is 6.59. The summed E-state index contributed by atoms with van der Waals surface area (Å²) in [5, 5.41) is 11.8. The van der Waals surface area contributed by atoms with Gasteiger partial charge in [-0.3, -0.25) is 10.1 Å². The Morgan fingerprint density at radius 2 is 1.93 bits per heavy atom. The summed E-state index contributed by atoms with van der Waals surface area (Å²) in [6, 6.07) is 18.7. The highest BCUT2D eigenvalue weighted by atomic mass is 79.9. The number of rotatable bonds is 3. The summed E-state index contributed by atoms with van der Waals surface area (Å²) in [6.07, 6.45) is -0.580. The molecule has 1 N–H and O–H groups in total. The predicted octanol–water partition coefficient (Wildman–Crippen LogP) is 3.77. The van der Waals surface area contributed by atoms with Gasteiger partial charge in [-0.05, 0) is 45.8 Å². The number of halogens is 2. The molecule has 3 heterocycles. The number of nitrogens with zero attached hydrogens (tertiary/aromatic N) is 3. The van der Waals surface area contributed by atoms with Crippen molar-refractivity contribution >= 4 is 56.1 Å². The molecule has 9 heteroatoms. The number of carbonyl (C=O) groups excluding carboxylic acids is 1. The topological polar surface area (TPSA) is 70.2 Å². The molecule has 1 amide bonds. The number of benzene rings is 2. The van der Waals surface area contributed by atoms with E-state index >= 15 is 0 Å². The van der Waals surface area contributed by atoms with Crippen LogP contribution in [0.3, 0.4) is 0 Å². The number of hydrazone groups is 1. The van der Waals surface area contributed by atoms with E-state index in [-0.39, 0.29) is 5.91 Å². The summed E-state index contributed by atoms with van der Waals surface area (Å²) in [7, 11) is 0. The Balaban J connectivity index is 1.56. The largest absolute Gasteiger partial charge is 0.450 e. The Morgan fingerprint density at radius 1 is 1.13 bits per heavy atom. The number of nitrogens with one attached hydrogen (secondary N) is 1. The summed E-state index contributed by atoms with van der Waals surface area (Å²) in [5.74, 6) is 0.930. The van der Waals surface area contributed by atoms with E-state index in [1.54, 1.807) is 11.1 Å². The van der Waals surface area contributed by atoms with Gasteiger partial charge in [0.05, 0.1) is 5.36 Å². The maximum Gasteiger partial charge on any atom is 0.276 e. The van der Waals surface area contributed by atoms with Gasteiger partial charge in [-0.2, -0.15) is 0 Å². The molecule has 2 aliphatic rings. The van der Waals surface area contributed by atoms with Gasteiger partial charge in [0.2, 0.25) is 6.17 Å². The number of para-hydroxylation sites is 1. The number of fused-ring (bicyclic) bond motifs is 2. The lowest BCUT2D eigenvalue weighted by Crippen LogP contribution is -2.50. The van der Waals surface area contributed by atoms with Crippen molar-refractivity contribution in [3.8, 4) is 0 Å². The lowest BCUT2D eigenvalue weighted by molar-refractivity contribution is -0.116. The number of furan rings is 1. The highest BCUT2D eigenvalue weighted by Gasteiger charge is 2.35. The lowest BCUT2D eigenvalue weighted by Gasteiger charge is -2.32. The Morgan fingerprint density at radius 3 is 2.73 bits per heavy atom. The third-order valence-corrected chi connectivity index (χ3v) is 6.39. The van der Waals surface area contributed by atoms with Gasteiger partial charge in [-0.15, -0.1) is 5.10 Å². The number of thioether (sulfide) groups is 1. The van der Waals surface area contributed by atoms with Crippen LogP contribution in [0.2, 0.25) is 5.02 Å². The van der Waals surface area contributed by atoms with E-state index in [0.29, 0.717) is 32.1 Å². The van der Waals surface area contributed by atoms with E-state index < -0.39 is 6.17 Å². The van der Waals surface area contributed by atoms with Gasteiger partial charge in [0.1, 0.15) is 5.70 Å². The van der Waals surface area contributed by atoms with Crippen molar-refractivity contribution in [2.45, 2.75) is 11.9 Å². The van der Waals surface area contributed by atoms with Crippen molar-refractivity contribution in [1.29, 1.82) is 0 Å².